The molecule has 0 aliphatic carbocycles. The maximum atomic E-state index is 6.39. The van der Waals surface area contributed by atoms with Crippen LogP contribution in [0.15, 0.2) is 225 Å². The number of fused-ring (bicyclic) bond motifs is 4. The van der Waals surface area contributed by atoms with Crippen LogP contribution in [0.2, 0.25) is 0 Å². The summed E-state index contributed by atoms with van der Waals surface area (Å²) in [5.41, 5.74) is 13.6. The summed E-state index contributed by atoms with van der Waals surface area (Å²) in [6.45, 7) is 0. The van der Waals surface area contributed by atoms with Crippen LogP contribution < -0.4 is 10.1 Å². The molecule has 0 saturated heterocycles. The van der Waals surface area contributed by atoms with Gasteiger partial charge in [-0.05, 0) is 93.0 Å². The largest absolute Gasteiger partial charge is 0.294 e. The average Bonchev–Trinajstić information content (AvgIpc) is 3.84. The van der Waals surface area contributed by atoms with E-state index >= 15 is 0 Å². The minimum absolute atomic E-state index is 0.719. The average molecular weight is 773 g/mol. The van der Waals surface area contributed by atoms with Crippen LogP contribution in [-0.2, 0) is 10.4 Å². The van der Waals surface area contributed by atoms with Crippen molar-refractivity contribution in [3.63, 3.8) is 0 Å². The Labute approximate surface area is 349 Å². The maximum absolute atomic E-state index is 6.39. The predicted octanol–water partition coefficient (Wildman–Crippen LogP) is 13.3. The number of anilines is 3. The molecule has 286 valence electrons. The van der Waals surface area contributed by atoms with Crippen molar-refractivity contribution in [2.45, 2.75) is 5.41 Å². The Morgan fingerprint density at radius 2 is 1.02 bits per heavy atom. The summed E-state index contributed by atoms with van der Waals surface area (Å²) in [6, 6.07) is 78.1. The van der Waals surface area contributed by atoms with E-state index in [0.29, 0.717) is 0 Å². The lowest BCUT2D eigenvalue weighted by atomic mass is 9.65. The fraction of sp³-hybridized carbons (Fsp3) is 0.0364. The summed E-state index contributed by atoms with van der Waals surface area (Å²) in [4.78, 5) is 11.5. The van der Waals surface area contributed by atoms with Crippen molar-refractivity contribution in [2.75, 3.05) is 17.2 Å². The van der Waals surface area contributed by atoms with E-state index in [1.165, 1.54) is 21.9 Å². The smallest absolute Gasteiger partial charge is 0.138 e. The first kappa shape index (κ1) is 35.4. The Hall–Kier alpha value is -7.73. The molecule has 11 rings (SSSR count). The van der Waals surface area contributed by atoms with E-state index in [1.807, 2.05) is 29.4 Å². The number of aromatic nitrogens is 2. The first-order chi connectivity index (χ1) is 29.7. The topological polar surface area (TPSA) is 33.5 Å². The molecular weight excluding hydrogens is 733 g/mol. The third kappa shape index (κ3) is 5.70. The van der Waals surface area contributed by atoms with Crippen LogP contribution >= 0.6 is 0 Å². The van der Waals surface area contributed by atoms with Gasteiger partial charge in [-0.3, -0.25) is 4.57 Å². The first-order valence-corrected chi connectivity index (χ1v) is 20.4. The second-order valence-electron chi connectivity index (χ2n) is 15.3. The summed E-state index contributed by atoms with van der Waals surface area (Å²) in [5.74, 6) is 0.861. The second kappa shape index (κ2) is 14.6. The Balaban J connectivity index is 1.16. The van der Waals surface area contributed by atoms with Gasteiger partial charge in [0, 0.05) is 24.0 Å². The van der Waals surface area contributed by atoms with Gasteiger partial charge in [0.2, 0.25) is 0 Å². The van der Waals surface area contributed by atoms with Gasteiger partial charge in [0.05, 0.1) is 33.5 Å². The number of hydrogen-bond donors (Lipinski definition) is 0. The van der Waals surface area contributed by atoms with Gasteiger partial charge in [-0.15, -0.1) is 4.94 Å². The van der Waals surface area contributed by atoms with Gasteiger partial charge in [0.25, 0.3) is 0 Å². The number of hydrogen-bond acceptors (Lipinski definition) is 4. The molecule has 5 heteroatoms. The molecule has 0 N–H and O–H groups in total. The van der Waals surface area contributed by atoms with E-state index < -0.39 is 5.41 Å². The highest BCUT2D eigenvalue weighted by atomic mass is 16.8. The van der Waals surface area contributed by atoms with Crippen molar-refractivity contribution >= 4 is 38.9 Å². The van der Waals surface area contributed by atoms with Crippen LogP contribution in [0, 0.1) is 0 Å². The highest BCUT2D eigenvalue weighted by Crippen LogP contribution is 2.49. The monoisotopic (exact) mass is 772 g/mol. The number of benzene rings is 8. The van der Waals surface area contributed by atoms with Crippen LogP contribution in [0.1, 0.15) is 22.3 Å². The third-order valence-corrected chi connectivity index (χ3v) is 12.0. The SMILES string of the molecule is CN1ON(c2cccc(C(c3ccccc3)(c3ccccc3)c3ccc4c5ccccc5n(-c5cc(-c6ccccc6-c6ccccc6)ccn5)c4c3)c2)c2ccccc21. The molecule has 0 amide bonds. The predicted molar refractivity (Wildman–Crippen MR) is 246 cm³/mol. The van der Waals surface area contributed by atoms with E-state index in [9.17, 15) is 0 Å². The standard InChI is InChI=1S/C55H40N4O/c1-57-51-30-15-16-31-52(51)59(60-57)45-25-17-24-43(37-45)55(41-20-7-3-8-21-41,42-22-9-4-10-23-42)44-32-33-49-48-28-13-14-29-50(48)58(53(49)38-44)54-36-40(34-35-56-54)47-27-12-11-26-46(47)39-18-5-2-6-19-39/h2-38H,1H3. The van der Waals surface area contributed by atoms with E-state index in [0.717, 1.165) is 67.3 Å². The zero-order chi connectivity index (χ0) is 40.0. The summed E-state index contributed by atoms with van der Waals surface area (Å²) < 4.78 is 2.34. The van der Waals surface area contributed by atoms with Crippen LogP contribution in [0.3, 0.4) is 0 Å². The van der Waals surface area contributed by atoms with Crippen molar-refractivity contribution in [3.8, 4) is 28.1 Å². The molecule has 1 aliphatic rings. The fourth-order valence-electron chi connectivity index (χ4n) is 9.30. The molecule has 0 spiro atoms. The van der Waals surface area contributed by atoms with Crippen molar-refractivity contribution in [1.29, 1.82) is 0 Å². The van der Waals surface area contributed by atoms with Gasteiger partial charge in [-0.25, -0.2) is 10.0 Å². The first-order valence-electron chi connectivity index (χ1n) is 20.4. The van der Waals surface area contributed by atoms with Crippen LogP contribution in [0.5, 0.6) is 0 Å². The lowest BCUT2D eigenvalue weighted by molar-refractivity contribution is 0.142. The molecule has 0 bridgehead atoms. The molecule has 5 nitrogen and oxygen atoms in total. The van der Waals surface area contributed by atoms with E-state index in [-0.39, 0.29) is 0 Å². The minimum Gasteiger partial charge on any atom is -0.294 e. The molecule has 0 unspecified atom stereocenters. The lowest BCUT2D eigenvalue weighted by Crippen LogP contribution is -2.31. The molecule has 1 aliphatic heterocycles. The van der Waals surface area contributed by atoms with Crippen LogP contribution in [0.25, 0.3) is 49.9 Å². The molecule has 2 aromatic heterocycles. The molecule has 3 heterocycles. The van der Waals surface area contributed by atoms with E-state index in [4.69, 9.17) is 9.92 Å². The Kier molecular flexibility index (Phi) is 8.61. The molecule has 10 aromatic rings. The molecular formula is C55H40N4O. The van der Waals surface area contributed by atoms with Gasteiger partial charge >= 0.3 is 0 Å². The Morgan fingerprint density at radius 1 is 0.433 bits per heavy atom. The fourth-order valence-corrected chi connectivity index (χ4v) is 9.30. The van der Waals surface area contributed by atoms with E-state index in [1.54, 1.807) is 0 Å². The zero-order valence-electron chi connectivity index (χ0n) is 33.1. The van der Waals surface area contributed by atoms with E-state index in [2.05, 4.69) is 217 Å². The highest BCUT2D eigenvalue weighted by molar-refractivity contribution is 6.09. The van der Waals surface area contributed by atoms with Gasteiger partial charge in [0.1, 0.15) is 5.82 Å². The van der Waals surface area contributed by atoms with Crippen LogP contribution in [0.4, 0.5) is 17.1 Å². The van der Waals surface area contributed by atoms with Crippen molar-refractivity contribution in [3.05, 3.63) is 247 Å². The van der Waals surface area contributed by atoms with Gasteiger partial charge in [0.15, 0.2) is 0 Å². The normalized spacial score (nSPS) is 12.6. The summed E-state index contributed by atoms with van der Waals surface area (Å²) in [6.07, 6.45) is 1.94. The van der Waals surface area contributed by atoms with Gasteiger partial charge < -0.3 is 0 Å². The Bertz CT molecular complexity index is 3120. The molecule has 0 radical (unpaired) electrons. The molecule has 0 fully saturated rings. The highest BCUT2D eigenvalue weighted by Gasteiger charge is 2.40. The summed E-state index contributed by atoms with van der Waals surface area (Å²) in [5, 5.41) is 6.09. The number of pyridine rings is 1. The number of hydroxylamine groups is 1. The quantitative estimate of drug-likeness (QED) is 0.144. The maximum Gasteiger partial charge on any atom is 0.138 e. The number of nitrogens with zero attached hydrogens (tertiary/aromatic N) is 4. The molecule has 0 atom stereocenters. The number of para-hydroxylation sites is 3. The second-order valence-corrected chi connectivity index (χ2v) is 15.3. The Morgan fingerprint density at radius 3 is 1.77 bits per heavy atom. The molecule has 60 heavy (non-hydrogen) atoms. The molecule has 0 saturated carbocycles. The third-order valence-electron chi connectivity index (χ3n) is 12.0. The van der Waals surface area contributed by atoms with Gasteiger partial charge in [-0.2, -0.15) is 5.06 Å². The van der Waals surface area contributed by atoms with Crippen LogP contribution in [-0.4, -0.2) is 16.6 Å². The van der Waals surface area contributed by atoms with Crippen molar-refractivity contribution in [1.82, 2.24) is 9.55 Å². The zero-order valence-corrected chi connectivity index (χ0v) is 33.1. The molecule has 8 aromatic carbocycles. The van der Waals surface area contributed by atoms with Crippen molar-refractivity contribution < 1.29 is 4.94 Å². The van der Waals surface area contributed by atoms with Gasteiger partial charge in [-0.1, -0.05) is 170 Å². The van der Waals surface area contributed by atoms with Crippen molar-refractivity contribution in [2.24, 2.45) is 0 Å². The minimum atomic E-state index is -0.719. The summed E-state index contributed by atoms with van der Waals surface area (Å²) >= 11 is 0. The lowest BCUT2D eigenvalue weighted by Gasteiger charge is -2.37. The number of rotatable bonds is 8. The summed E-state index contributed by atoms with van der Waals surface area (Å²) in [7, 11) is 1.95.